The van der Waals surface area contributed by atoms with Crippen molar-refractivity contribution >= 4 is 17.3 Å². The van der Waals surface area contributed by atoms with E-state index in [0.29, 0.717) is 18.2 Å². The minimum absolute atomic E-state index is 0.382. The summed E-state index contributed by atoms with van der Waals surface area (Å²) in [5, 5.41) is 6.88. The van der Waals surface area contributed by atoms with E-state index >= 15 is 0 Å². The summed E-state index contributed by atoms with van der Waals surface area (Å²) < 4.78 is 5.89. The molecule has 2 fully saturated rings. The van der Waals surface area contributed by atoms with Crippen LogP contribution in [0.3, 0.4) is 0 Å². The molecular weight excluding hydrogens is 270 g/mol. The van der Waals surface area contributed by atoms with E-state index in [0.717, 1.165) is 25.5 Å². The summed E-state index contributed by atoms with van der Waals surface area (Å²) in [5.41, 5.74) is 0. The van der Waals surface area contributed by atoms with Gasteiger partial charge in [0.15, 0.2) is 5.96 Å². The monoisotopic (exact) mass is 293 g/mol. The fourth-order valence-electron chi connectivity index (χ4n) is 3.01. The second-order valence-corrected chi connectivity index (χ2v) is 6.94. The van der Waals surface area contributed by atoms with Gasteiger partial charge in [0, 0.05) is 16.3 Å². The number of hydrogen-bond donors (Lipinski definition) is 2. The summed E-state index contributed by atoms with van der Waals surface area (Å²) in [4.78, 5) is 7.34. The van der Waals surface area contributed by atoms with Crippen LogP contribution in [0.2, 0.25) is 0 Å². The SMILES string of the molecule is CCNC(=NCc1ccc(C)s1)NC1CC2CCC1O2. The first-order valence-electron chi connectivity index (χ1n) is 7.50. The Labute approximate surface area is 124 Å². The number of fused-ring (bicyclic) bond motifs is 2. The number of rotatable bonds is 4. The number of aliphatic imine (C=N–C) groups is 1. The van der Waals surface area contributed by atoms with E-state index in [2.05, 4.69) is 36.6 Å². The number of aryl methyl sites for hydroxylation is 1. The number of hydrogen-bond acceptors (Lipinski definition) is 3. The van der Waals surface area contributed by atoms with Crippen LogP contribution in [-0.4, -0.2) is 30.8 Å². The van der Waals surface area contributed by atoms with Gasteiger partial charge >= 0.3 is 0 Å². The van der Waals surface area contributed by atoms with Crippen molar-refractivity contribution < 1.29 is 4.74 Å². The van der Waals surface area contributed by atoms with E-state index in [-0.39, 0.29) is 0 Å². The molecule has 3 heterocycles. The predicted octanol–water partition coefficient (Wildman–Crippen LogP) is 2.43. The quantitative estimate of drug-likeness (QED) is 0.662. The van der Waals surface area contributed by atoms with Crippen LogP contribution in [0.1, 0.15) is 35.9 Å². The van der Waals surface area contributed by atoms with Crippen molar-refractivity contribution in [3.05, 3.63) is 21.9 Å². The number of nitrogens with one attached hydrogen (secondary N) is 2. The number of nitrogens with zero attached hydrogens (tertiary/aromatic N) is 1. The average molecular weight is 293 g/mol. The fraction of sp³-hybridized carbons (Fsp3) is 0.667. The number of ether oxygens (including phenoxy) is 1. The molecule has 1 aromatic heterocycles. The van der Waals surface area contributed by atoms with Gasteiger partial charge in [-0.05, 0) is 45.2 Å². The van der Waals surface area contributed by atoms with Gasteiger partial charge < -0.3 is 15.4 Å². The molecule has 3 unspecified atom stereocenters. The fourth-order valence-corrected chi connectivity index (χ4v) is 3.83. The van der Waals surface area contributed by atoms with Crippen LogP contribution >= 0.6 is 11.3 Å². The Morgan fingerprint density at radius 2 is 2.35 bits per heavy atom. The van der Waals surface area contributed by atoms with E-state index in [1.807, 2.05) is 11.3 Å². The summed E-state index contributed by atoms with van der Waals surface area (Å²) in [6, 6.07) is 4.74. The van der Waals surface area contributed by atoms with E-state index in [1.165, 1.54) is 22.6 Å². The molecule has 2 aliphatic heterocycles. The molecule has 2 aliphatic rings. The van der Waals surface area contributed by atoms with Gasteiger partial charge in [-0.15, -0.1) is 11.3 Å². The van der Waals surface area contributed by atoms with Gasteiger partial charge in [0.25, 0.3) is 0 Å². The van der Waals surface area contributed by atoms with Crippen LogP contribution in [0, 0.1) is 6.92 Å². The molecular formula is C15H23N3OS. The molecule has 110 valence electrons. The molecule has 1 aromatic rings. The molecule has 0 amide bonds. The Morgan fingerprint density at radius 3 is 2.95 bits per heavy atom. The Hall–Kier alpha value is -1.07. The van der Waals surface area contributed by atoms with Gasteiger partial charge in [0.05, 0.1) is 24.8 Å². The third-order valence-electron chi connectivity index (χ3n) is 3.96. The molecule has 0 radical (unpaired) electrons. The molecule has 2 bridgehead atoms. The molecule has 20 heavy (non-hydrogen) atoms. The second-order valence-electron chi connectivity index (χ2n) is 5.57. The van der Waals surface area contributed by atoms with Crippen molar-refractivity contribution in [1.29, 1.82) is 0 Å². The largest absolute Gasteiger partial charge is 0.373 e. The maximum Gasteiger partial charge on any atom is 0.191 e. The van der Waals surface area contributed by atoms with Gasteiger partial charge in [-0.25, -0.2) is 4.99 Å². The highest BCUT2D eigenvalue weighted by atomic mass is 32.1. The Bertz CT molecular complexity index is 485. The molecule has 2 N–H and O–H groups in total. The van der Waals surface area contributed by atoms with Crippen LogP contribution in [0.15, 0.2) is 17.1 Å². The minimum Gasteiger partial charge on any atom is -0.373 e. The van der Waals surface area contributed by atoms with Crippen molar-refractivity contribution in [3.63, 3.8) is 0 Å². The maximum atomic E-state index is 5.89. The Kier molecular flexibility index (Phi) is 4.27. The van der Waals surface area contributed by atoms with Crippen molar-refractivity contribution in [2.75, 3.05) is 6.54 Å². The van der Waals surface area contributed by atoms with Crippen molar-refractivity contribution in [2.24, 2.45) is 4.99 Å². The zero-order valence-electron chi connectivity index (χ0n) is 12.2. The lowest BCUT2D eigenvalue weighted by molar-refractivity contribution is 0.0992. The number of thiophene rings is 1. The molecule has 0 aromatic carbocycles. The highest BCUT2D eigenvalue weighted by Crippen LogP contribution is 2.34. The summed E-state index contributed by atoms with van der Waals surface area (Å²) >= 11 is 1.82. The Morgan fingerprint density at radius 1 is 1.45 bits per heavy atom. The lowest BCUT2D eigenvalue weighted by atomic mass is 9.96. The van der Waals surface area contributed by atoms with Crippen LogP contribution in [-0.2, 0) is 11.3 Å². The zero-order valence-corrected chi connectivity index (χ0v) is 13.0. The molecule has 0 aliphatic carbocycles. The highest BCUT2D eigenvalue weighted by Gasteiger charge is 2.41. The van der Waals surface area contributed by atoms with Crippen molar-refractivity contribution in [3.8, 4) is 0 Å². The van der Waals surface area contributed by atoms with Gasteiger partial charge in [0.1, 0.15) is 0 Å². The normalized spacial score (nSPS) is 28.9. The molecule has 3 rings (SSSR count). The van der Waals surface area contributed by atoms with E-state index in [4.69, 9.17) is 9.73 Å². The molecule has 2 saturated heterocycles. The second kappa shape index (κ2) is 6.14. The standard InChI is InChI=1S/C15H23N3OS/c1-3-16-15(17-9-12-6-4-10(2)20-12)18-13-8-11-5-7-14(13)19-11/h4,6,11,13-14H,3,5,7-9H2,1-2H3,(H2,16,17,18). The third kappa shape index (κ3) is 3.15. The lowest BCUT2D eigenvalue weighted by Crippen LogP contribution is -2.47. The topological polar surface area (TPSA) is 45.7 Å². The summed E-state index contributed by atoms with van der Waals surface area (Å²) in [5.74, 6) is 0.916. The van der Waals surface area contributed by atoms with Gasteiger partial charge in [-0.1, -0.05) is 0 Å². The smallest absolute Gasteiger partial charge is 0.191 e. The van der Waals surface area contributed by atoms with Crippen LogP contribution in [0.5, 0.6) is 0 Å². The van der Waals surface area contributed by atoms with Crippen LogP contribution in [0.25, 0.3) is 0 Å². The predicted molar refractivity (Wildman–Crippen MR) is 83.3 cm³/mol. The highest BCUT2D eigenvalue weighted by molar-refractivity contribution is 7.11. The minimum atomic E-state index is 0.382. The van der Waals surface area contributed by atoms with Crippen molar-refractivity contribution in [1.82, 2.24) is 10.6 Å². The number of guanidine groups is 1. The van der Waals surface area contributed by atoms with E-state index < -0.39 is 0 Å². The van der Waals surface area contributed by atoms with Crippen molar-refractivity contribution in [2.45, 2.75) is 57.9 Å². The Balaban J connectivity index is 1.59. The first-order chi connectivity index (χ1) is 9.74. The molecule has 0 saturated carbocycles. The third-order valence-corrected chi connectivity index (χ3v) is 4.95. The molecule has 4 nitrogen and oxygen atoms in total. The zero-order chi connectivity index (χ0) is 13.9. The summed E-state index contributed by atoms with van der Waals surface area (Å²) in [7, 11) is 0. The lowest BCUT2D eigenvalue weighted by Gasteiger charge is -2.22. The van der Waals surface area contributed by atoms with Gasteiger partial charge in [-0.3, -0.25) is 0 Å². The first kappa shape index (κ1) is 13.9. The summed E-state index contributed by atoms with van der Waals surface area (Å²) in [6.07, 6.45) is 4.39. The molecule has 0 spiro atoms. The van der Waals surface area contributed by atoms with Crippen LogP contribution < -0.4 is 10.6 Å². The van der Waals surface area contributed by atoms with Gasteiger partial charge in [-0.2, -0.15) is 0 Å². The molecule has 3 atom stereocenters. The average Bonchev–Trinajstić information content (AvgIpc) is 3.13. The molecule has 5 heteroatoms. The van der Waals surface area contributed by atoms with Gasteiger partial charge in [0.2, 0.25) is 0 Å². The van der Waals surface area contributed by atoms with E-state index in [9.17, 15) is 0 Å². The maximum absolute atomic E-state index is 5.89. The first-order valence-corrected chi connectivity index (χ1v) is 8.32. The summed E-state index contributed by atoms with van der Waals surface area (Å²) in [6.45, 7) is 5.87. The van der Waals surface area contributed by atoms with Crippen LogP contribution in [0.4, 0.5) is 0 Å². The van der Waals surface area contributed by atoms with E-state index in [1.54, 1.807) is 0 Å².